The fraction of sp³-hybridized carbons (Fsp3) is 0.200. The van der Waals surface area contributed by atoms with Crippen molar-refractivity contribution in [2.45, 2.75) is 6.54 Å². The molecule has 2 aromatic heterocycles. The maximum Gasteiger partial charge on any atom is 0.169 e. The van der Waals surface area contributed by atoms with Crippen molar-refractivity contribution < 1.29 is 0 Å². The minimum atomic E-state index is 0.388. The zero-order valence-corrected chi connectivity index (χ0v) is 8.75. The van der Waals surface area contributed by atoms with E-state index in [2.05, 4.69) is 20.4 Å². The molecular formula is C10H10N6. The van der Waals surface area contributed by atoms with Crippen molar-refractivity contribution in [2.24, 2.45) is 7.05 Å². The summed E-state index contributed by atoms with van der Waals surface area (Å²) in [6.45, 7) is 0.524. The molecule has 0 fully saturated rings. The van der Waals surface area contributed by atoms with Gasteiger partial charge in [-0.05, 0) is 12.1 Å². The van der Waals surface area contributed by atoms with E-state index in [-0.39, 0.29) is 0 Å². The van der Waals surface area contributed by atoms with E-state index in [1.165, 1.54) is 0 Å². The van der Waals surface area contributed by atoms with Crippen molar-refractivity contribution in [3.63, 3.8) is 0 Å². The number of aryl methyl sites for hydroxylation is 1. The van der Waals surface area contributed by atoms with Crippen molar-refractivity contribution in [1.82, 2.24) is 19.7 Å². The van der Waals surface area contributed by atoms with Crippen LogP contribution < -0.4 is 5.32 Å². The van der Waals surface area contributed by atoms with Gasteiger partial charge in [0.25, 0.3) is 0 Å². The molecule has 1 N–H and O–H groups in total. The summed E-state index contributed by atoms with van der Waals surface area (Å²) in [7, 11) is 1.82. The minimum Gasteiger partial charge on any atom is -0.378 e. The van der Waals surface area contributed by atoms with Gasteiger partial charge < -0.3 is 5.32 Å². The van der Waals surface area contributed by atoms with Gasteiger partial charge in [0.2, 0.25) is 0 Å². The zero-order chi connectivity index (χ0) is 11.4. The van der Waals surface area contributed by atoms with Gasteiger partial charge in [0.15, 0.2) is 5.82 Å². The molecule has 0 amide bonds. The molecule has 0 unspecified atom stereocenters. The van der Waals surface area contributed by atoms with E-state index < -0.39 is 0 Å². The molecule has 6 heteroatoms. The Balaban J connectivity index is 2.02. The van der Waals surface area contributed by atoms with E-state index in [0.717, 1.165) is 5.69 Å². The van der Waals surface area contributed by atoms with E-state index in [1.807, 2.05) is 13.1 Å². The molecule has 0 radical (unpaired) electrons. The fourth-order valence-electron chi connectivity index (χ4n) is 1.25. The molecule has 0 bridgehead atoms. The van der Waals surface area contributed by atoms with Crippen LogP contribution in [0.15, 0.2) is 24.7 Å². The number of nitriles is 1. The first-order valence-electron chi connectivity index (χ1n) is 4.72. The molecule has 6 nitrogen and oxygen atoms in total. The summed E-state index contributed by atoms with van der Waals surface area (Å²) in [5, 5.41) is 15.9. The van der Waals surface area contributed by atoms with Crippen LogP contribution in [0.2, 0.25) is 0 Å². The Morgan fingerprint density at radius 2 is 2.38 bits per heavy atom. The third-order valence-corrected chi connectivity index (χ3v) is 1.97. The van der Waals surface area contributed by atoms with Gasteiger partial charge in [-0.25, -0.2) is 9.97 Å². The molecule has 0 saturated heterocycles. The maximum atomic E-state index is 8.68. The molecule has 2 aromatic rings. The summed E-state index contributed by atoms with van der Waals surface area (Å²) in [5.74, 6) is 0.706. The molecule has 2 rings (SSSR count). The molecule has 2 heterocycles. The largest absolute Gasteiger partial charge is 0.378 e. The van der Waals surface area contributed by atoms with Crippen molar-refractivity contribution in [1.29, 1.82) is 5.26 Å². The Kier molecular flexibility index (Phi) is 2.78. The highest BCUT2D eigenvalue weighted by atomic mass is 15.3. The van der Waals surface area contributed by atoms with Crippen LogP contribution in [0, 0.1) is 11.3 Å². The number of nitrogens with one attached hydrogen (secondary N) is 1. The second-order valence-corrected chi connectivity index (χ2v) is 3.23. The Bertz CT molecular complexity index is 524. The highest BCUT2D eigenvalue weighted by Crippen LogP contribution is 2.07. The number of aromatic nitrogens is 4. The lowest BCUT2D eigenvalue weighted by Gasteiger charge is -2.02. The first kappa shape index (κ1) is 10.1. The Morgan fingerprint density at radius 1 is 1.50 bits per heavy atom. The second kappa shape index (κ2) is 4.40. The van der Waals surface area contributed by atoms with Crippen molar-refractivity contribution in [3.05, 3.63) is 36.2 Å². The Morgan fingerprint density at radius 3 is 3.06 bits per heavy atom. The lowest BCUT2D eigenvalue weighted by atomic mass is 10.3. The molecule has 0 atom stereocenters. The molecule has 80 valence electrons. The standard InChI is InChI=1S/C10H10N6/c1-16-7-14-10(15-16)6-13-8-2-3-12-9(4-8)5-11/h2-4,7H,6H2,1H3,(H,12,13). The third kappa shape index (κ3) is 2.33. The predicted molar refractivity (Wildman–Crippen MR) is 57.3 cm³/mol. The van der Waals surface area contributed by atoms with Gasteiger partial charge in [-0.15, -0.1) is 0 Å². The van der Waals surface area contributed by atoms with E-state index >= 15 is 0 Å². The molecule has 0 aliphatic heterocycles. The normalized spacial score (nSPS) is 9.75. The predicted octanol–water partition coefficient (Wildman–Crippen LogP) is 0.694. The van der Waals surface area contributed by atoms with Crippen LogP contribution in [0.25, 0.3) is 0 Å². The molecule has 0 spiro atoms. The highest BCUT2D eigenvalue weighted by molar-refractivity contribution is 5.45. The van der Waals surface area contributed by atoms with Crippen molar-refractivity contribution >= 4 is 5.69 Å². The quantitative estimate of drug-likeness (QED) is 0.813. The number of hydrogen-bond donors (Lipinski definition) is 1. The van der Waals surface area contributed by atoms with E-state index in [4.69, 9.17) is 5.26 Å². The van der Waals surface area contributed by atoms with Gasteiger partial charge in [-0.2, -0.15) is 10.4 Å². The van der Waals surface area contributed by atoms with Crippen molar-refractivity contribution in [3.8, 4) is 6.07 Å². The van der Waals surface area contributed by atoms with E-state index in [0.29, 0.717) is 18.1 Å². The monoisotopic (exact) mass is 214 g/mol. The van der Waals surface area contributed by atoms with Crippen LogP contribution in [-0.4, -0.2) is 19.7 Å². The van der Waals surface area contributed by atoms with Gasteiger partial charge in [0.1, 0.15) is 18.1 Å². The van der Waals surface area contributed by atoms with Crippen LogP contribution in [0.5, 0.6) is 0 Å². The summed E-state index contributed by atoms with van der Waals surface area (Å²) in [4.78, 5) is 7.96. The number of hydrogen-bond acceptors (Lipinski definition) is 5. The van der Waals surface area contributed by atoms with E-state index in [9.17, 15) is 0 Å². The average molecular weight is 214 g/mol. The van der Waals surface area contributed by atoms with Gasteiger partial charge in [-0.3, -0.25) is 4.68 Å². The van der Waals surface area contributed by atoms with Crippen LogP contribution in [-0.2, 0) is 13.6 Å². The summed E-state index contributed by atoms with van der Waals surface area (Å²) in [6.07, 6.45) is 3.23. The molecule has 16 heavy (non-hydrogen) atoms. The van der Waals surface area contributed by atoms with Crippen LogP contribution in [0.1, 0.15) is 11.5 Å². The van der Waals surface area contributed by atoms with Crippen LogP contribution in [0.3, 0.4) is 0 Å². The number of pyridine rings is 1. The second-order valence-electron chi connectivity index (χ2n) is 3.23. The maximum absolute atomic E-state index is 8.68. The molecule has 0 aliphatic rings. The van der Waals surface area contributed by atoms with Crippen LogP contribution in [0.4, 0.5) is 5.69 Å². The minimum absolute atomic E-state index is 0.388. The number of anilines is 1. The highest BCUT2D eigenvalue weighted by Gasteiger charge is 1.99. The molecule has 0 saturated carbocycles. The lowest BCUT2D eigenvalue weighted by Crippen LogP contribution is -2.02. The third-order valence-electron chi connectivity index (χ3n) is 1.97. The summed E-state index contributed by atoms with van der Waals surface area (Å²) in [6, 6.07) is 5.46. The molecular weight excluding hydrogens is 204 g/mol. The molecule has 0 aromatic carbocycles. The summed E-state index contributed by atoms with van der Waals surface area (Å²) >= 11 is 0. The number of rotatable bonds is 3. The molecule has 0 aliphatic carbocycles. The zero-order valence-electron chi connectivity index (χ0n) is 8.75. The Hall–Kier alpha value is -2.42. The first-order valence-corrected chi connectivity index (χ1v) is 4.72. The first-order chi connectivity index (χ1) is 7.78. The topological polar surface area (TPSA) is 79.4 Å². The smallest absolute Gasteiger partial charge is 0.169 e. The van der Waals surface area contributed by atoms with Crippen LogP contribution >= 0.6 is 0 Å². The van der Waals surface area contributed by atoms with Gasteiger partial charge in [-0.1, -0.05) is 0 Å². The van der Waals surface area contributed by atoms with Crippen molar-refractivity contribution in [2.75, 3.05) is 5.32 Å². The summed E-state index contributed by atoms with van der Waals surface area (Å²) in [5.41, 5.74) is 1.22. The van der Waals surface area contributed by atoms with Gasteiger partial charge in [0, 0.05) is 18.9 Å². The van der Waals surface area contributed by atoms with E-state index in [1.54, 1.807) is 29.3 Å². The fourth-order valence-corrected chi connectivity index (χ4v) is 1.25. The number of nitrogens with zero attached hydrogens (tertiary/aromatic N) is 5. The van der Waals surface area contributed by atoms with Gasteiger partial charge >= 0.3 is 0 Å². The lowest BCUT2D eigenvalue weighted by molar-refractivity contribution is 0.747. The average Bonchev–Trinajstić information content (AvgIpc) is 2.73. The Labute approximate surface area is 92.6 Å². The summed E-state index contributed by atoms with van der Waals surface area (Å²) < 4.78 is 1.64. The van der Waals surface area contributed by atoms with Gasteiger partial charge in [0.05, 0.1) is 6.54 Å². The SMILES string of the molecule is Cn1cnc(CNc2ccnc(C#N)c2)n1.